The van der Waals surface area contributed by atoms with E-state index in [1.165, 1.54) is 0 Å². The van der Waals surface area contributed by atoms with Gasteiger partial charge in [-0.05, 0) is 13.8 Å². The van der Waals surface area contributed by atoms with Gasteiger partial charge in [0.1, 0.15) is 0 Å². The first kappa shape index (κ1) is 8.51. The van der Waals surface area contributed by atoms with E-state index in [2.05, 4.69) is 4.85 Å². The van der Waals surface area contributed by atoms with Crippen LogP contribution in [0, 0.1) is 6.57 Å². The maximum Gasteiger partial charge on any atom is 0.217 e. The average molecular weight is 155 g/mol. The van der Waals surface area contributed by atoms with Crippen LogP contribution < -0.4 is 0 Å². The highest BCUT2D eigenvalue weighted by molar-refractivity contribution is 4.73. The van der Waals surface area contributed by atoms with E-state index in [1.54, 1.807) is 0 Å². The van der Waals surface area contributed by atoms with Gasteiger partial charge in [0.05, 0.1) is 12.7 Å². The summed E-state index contributed by atoms with van der Waals surface area (Å²) in [4.78, 5) is 3.26. The van der Waals surface area contributed by atoms with Gasteiger partial charge in [0.25, 0.3) is 0 Å². The molecule has 0 aromatic heterocycles. The van der Waals surface area contributed by atoms with Crippen LogP contribution in [0.15, 0.2) is 0 Å². The van der Waals surface area contributed by atoms with Gasteiger partial charge in [0.2, 0.25) is 6.54 Å². The van der Waals surface area contributed by atoms with Gasteiger partial charge < -0.3 is 14.3 Å². The van der Waals surface area contributed by atoms with Gasteiger partial charge in [0.15, 0.2) is 5.79 Å². The molecule has 0 N–H and O–H groups in total. The molecule has 3 nitrogen and oxygen atoms in total. The zero-order valence-electron chi connectivity index (χ0n) is 6.96. The second kappa shape index (κ2) is 3.21. The predicted octanol–water partition coefficient (Wildman–Crippen LogP) is 1.45. The van der Waals surface area contributed by atoms with Gasteiger partial charge >= 0.3 is 0 Å². The molecule has 3 heteroatoms. The maximum atomic E-state index is 6.59. The standard InChI is InChI=1S/C8H13NO2/c1-8(2)10-6-7(11-8)4-5-9-3/h7H,4-6H2,1-2H3. The minimum Gasteiger partial charge on any atom is -0.348 e. The van der Waals surface area contributed by atoms with Gasteiger partial charge in [-0.1, -0.05) is 0 Å². The molecule has 1 unspecified atom stereocenters. The quantitative estimate of drug-likeness (QED) is 0.563. The minimum absolute atomic E-state index is 0.124. The van der Waals surface area contributed by atoms with E-state index < -0.39 is 5.79 Å². The van der Waals surface area contributed by atoms with Crippen LogP contribution in [-0.4, -0.2) is 25.0 Å². The van der Waals surface area contributed by atoms with Crippen LogP contribution in [0.5, 0.6) is 0 Å². The summed E-state index contributed by atoms with van der Waals surface area (Å²) in [5, 5.41) is 0. The van der Waals surface area contributed by atoms with E-state index in [0.717, 1.165) is 6.42 Å². The minimum atomic E-state index is -0.438. The Labute approximate surface area is 67.1 Å². The lowest BCUT2D eigenvalue weighted by atomic mass is 10.3. The van der Waals surface area contributed by atoms with Crippen LogP contribution in [0.2, 0.25) is 0 Å². The third-order valence-corrected chi connectivity index (χ3v) is 1.63. The Morgan fingerprint density at radius 1 is 1.64 bits per heavy atom. The van der Waals surface area contributed by atoms with Gasteiger partial charge in [-0.3, -0.25) is 0 Å². The van der Waals surface area contributed by atoms with Crippen LogP contribution in [0.25, 0.3) is 4.85 Å². The summed E-state index contributed by atoms with van der Waals surface area (Å²) in [5.74, 6) is -0.438. The average Bonchev–Trinajstić information content (AvgIpc) is 2.26. The third kappa shape index (κ3) is 2.49. The van der Waals surface area contributed by atoms with Crippen molar-refractivity contribution in [3.8, 4) is 0 Å². The molecule has 0 aromatic carbocycles. The number of hydrogen-bond acceptors (Lipinski definition) is 2. The SMILES string of the molecule is [C-]#[N+]CCC1COC(C)(C)O1. The summed E-state index contributed by atoms with van der Waals surface area (Å²) in [6.07, 6.45) is 0.909. The molecule has 1 saturated heterocycles. The lowest BCUT2D eigenvalue weighted by molar-refractivity contribution is -0.138. The fourth-order valence-corrected chi connectivity index (χ4v) is 1.11. The van der Waals surface area contributed by atoms with Gasteiger partial charge in [-0.2, -0.15) is 0 Å². The number of ether oxygens (including phenoxy) is 2. The van der Waals surface area contributed by atoms with Crippen LogP contribution in [0.1, 0.15) is 20.3 Å². The Bertz CT molecular complexity index is 171. The van der Waals surface area contributed by atoms with Crippen molar-refractivity contribution < 1.29 is 9.47 Å². The van der Waals surface area contributed by atoms with E-state index in [4.69, 9.17) is 16.0 Å². The van der Waals surface area contributed by atoms with E-state index >= 15 is 0 Å². The van der Waals surface area contributed by atoms with Crippen molar-refractivity contribution in [2.75, 3.05) is 13.2 Å². The van der Waals surface area contributed by atoms with Crippen molar-refractivity contribution in [3.05, 3.63) is 11.4 Å². The normalized spacial score (nSPS) is 28.3. The summed E-state index contributed by atoms with van der Waals surface area (Å²) in [6, 6.07) is 0. The molecule has 1 aliphatic heterocycles. The van der Waals surface area contributed by atoms with E-state index in [1.807, 2.05) is 13.8 Å². The smallest absolute Gasteiger partial charge is 0.217 e. The first-order valence-corrected chi connectivity index (χ1v) is 3.79. The van der Waals surface area contributed by atoms with E-state index in [0.29, 0.717) is 13.2 Å². The molecule has 0 spiro atoms. The maximum absolute atomic E-state index is 6.59. The molecular formula is C8H13NO2. The molecule has 1 rings (SSSR count). The zero-order valence-corrected chi connectivity index (χ0v) is 6.96. The fraction of sp³-hybridized carbons (Fsp3) is 0.875. The Balaban J connectivity index is 2.26. The Morgan fingerprint density at radius 2 is 2.36 bits per heavy atom. The lowest BCUT2D eigenvalue weighted by Crippen LogP contribution is -2.21. The van der Waals surface area contributed by atoms with E-state index in [9.17, 15) is 0 Å². The van der Waals surface area contributed by atoms with Crippen molar-refractivity contribution >= 4 is 0 Å². The van der Waals surface area contributed by atoms with Crippen molar-refractivity contribution in [2.24, 2.45) is 0 Å². The Hall–Kier alpha value is -0.590. The summed E-state index contributed by atoms with van der Waals surface area (Å²) in [6.45, 7) is 11.5. The second-order valence-electron chi connectivity index (χ2n) is 3.12. The van der Waals surface area contributed by atoms with Gasteiger partial charge in [-0.25, -0.2) is 6.57 Å². The van der Waals surface area contributed by atoms with Gasteiger partial charge in [-0.15, -0.1) is 0 Å². The molecule has 0 saturated carbocycles. The first-order chi connectivity index (χ1) is 5.14. The molecule has 0 aliphatic carbocycles. The van der Waals surface area contributed by atoms with Crippen LogP contribution in [0.4, 0.5) is 0 Å². The predicted molar refractivity (Wildman–Crippen MR) is 41.0 cm³/mol. The summed E-state index contributed by atoms with van der Waals surface area (Å²) < 4.78 is 10.8. The van der Waals surface area contributed by atoms with Crippen molar-refractivity contribution in [1.29, 1.82) is 0 Å². The zero-order chi connectivity index (χ0) is 8.32. The van der Waals surface area contributed by atoms with Crippen LogP contribution >= 0.6 is 0 Å². The molecule has 1 heterocycles. The van der Waals surface area contributed by atoms with Crippen LogP contribution in [-0.2, 0) is 9.47 Å². The molecule has 1 fully saturated rings. The number of hydrogen-bond donors (Lipinski definition) is 0. The molecule has 0 bridgehead atoms. The van der Waals surface area contributed by atoms with Crippen molar-refractivity contribution in [1.82, 2.24) is 0 Å². The molecule has 1 aliphatic rings. The lowest BCUT2D eigenvalue weighted by Gasteiger charge is -2.16. The van der Waals surface area contributed by atoms with Crippen molar-refractivity contribution in [3.63, 3.8) is 0 Å². The number of nitrogens with zero attached hydrogens (tertiary/aromatic N) is 1. The monoisotopic (exact) mass is 155 g/mol. The fourth-order valence-electron chi connectivity index (χ4n) is 1.11. The number of rotatable bonds is 2. The van der Waals surface area contributed by atoms with Crippen LogP contribution in [0.3, 0.4) is 0 Å². The first-order valence-electron chi connectivity index (χ1n) is 3.79. The molecule has 11 heavy (non-hydrogen) atoms. The molecule has 0 aromatic rings. The highest BCUT2D eigenvalue weighted by Gasteiger charge is 2.32. The topological polar surface area (TPSA) is 22.8 Å². The summed E-state index contributed by atoms with van der Waals surface area (Å²) in [5.41, 5.74) is 0. The Morgan fingerprint density at radius 3 is 2.82 bits per heavy atom. The molecular weight excluding hydrogens is 142 g/mol. The molecule has 0 radical (unpaired) electrons. The molecule has 62 valence electrons. The Kier molecular flexibility index (Phi) is 2.48. The summed E-state index contributed by atoms with van der Waals surface area (Å²) in [7, 11) is 0. The molecule has 1 atom stereocenters. The van der Waals surface area contributed by atoms with Gasteiger partial charge in [0, 0.05) is 6.42 Å². The highest BCUT2D eigenvalue weighted by Crippen LogP contribution is 2.23. The highest BCUT2D eigenvalue weighted by atomic mass is 16.7. The van der Waals surface area contributed by atoms with E-state index in [-0.39, 0.29) is 6.10 Å². The largest absolute Gasteiger partial charge is 0.348 e. The van der Waals surface area contributed by atoms with Crippen molar-refractivity contribution in [2.45, 2.75) is 32.2 Å². The third-order valence-electron chi connectivity index (χ3n) is 1.63. The summed E-state index contributed by atoms with van der Waals surface area (Å²) >= 11 is 0. The molecule has 0 amide bonds. The second-order valence-corrected chi connectivity index (χ2v) is 3.12.